The van der Waals surface area contributed by atoms with E-state index in [2.05, 4.69) is 5.32 Å². The molecule has 3 amide bonds. The van der Waals surface area contributed by atoms with Crippen molar-refractivity contribution < 1.29 is 23.9 Å². The minimum Gasteiger partial charge on any atom is -0.454 e. The van der Waals surface area contributed by atoms with Crippen LogP contribution in [0.5, 0.6) is 0 Å². The number of nitrogens with zero attached hydrogens (tertiary/aromatic N) is 1. The van der Waals surface area contributed by atoms with Crippen LogP contribution in [0.2, 0.25) is 5.02 Å². The zero-order valence-corrected chi connectivity index (χ0v) is 19.6. The Bertz CT molecular complexity index is 1240. The molecule has 7 nitrogen and oxygen atoms in total. The lowest BCUT2D eigenvalue weighted by Crippen LogP contribution is -2.44. The van der Waals surface area contributed by atoms with Gasteiger partial charge in [0.15, 0.2) is 6.61 Å². The van der Waals surface area contributed by atoms with E-state index in [0.717, 1.165) is 14.7 Å². The van der Waals surface area contributed by atoms with Gasteiger partial charge in [-0.1, -0.05) is 47.6 Å². The van der Waals surface area contributed by atoms with E-state index in [-0.39, 0.29) is 11.1 Å². The first-order valence-electron chi connectivity index (χ1n) is 10.3. The summed E-state index contributed by atoms with van der Waals surface area (Å²) in [6.45, 7) is 0.826. The van der Waals surface area contributed by atoms with Crippen LogP contribution in [0.4, 0.5) is 5.69 Å². The van der Waals surface area contributed by atoms with E-state index in [1.165, 1.54) is 30.8 Å². The van der Waals surface area contributed by atoms with E-state index in [9.17, 15) is 19.2 Å². The van der Waals surface area contributed by atoms with Crippen LogP contribution in [0.3, 0.4) is 0 Å². The molecule has 34 heavy (non-hydrogen) atoms. The molecule has 0 spiro atoms. The third-order valence-corrected chi connectivity index (χ3v) is 6.44. The number of para-hydroxylation sites is 1. The predicted molar refractivity (Wildman–Crippen MR) is 128 cm³/mol. The maximum atomic E-state index is 12.5. The van der Waals surface area contributed by atoms with Crippen molar-refractivity contribution >= 4 is 52.7 Å². The van der Waals surface area contributed by atoms with Crippen LogP contribution < -0.4 is 5.32 Å². The second-order valence-electron chi connectivity index (χ2n) is 7.41. The SMILES string of the molecule is CC(C(=O)OCC(=O)Nc1ccccc1Sc1ccc(Cl)cc1)N1C(=O)c2ccccc2C1=O. The molecule has 0 aliphatic carbocycles. The molecule has 1 heterocycles. The van der Waals surface area contributed by atoms with E-state index < -0.39 is 36.3 Å². The Morgan fingerprint density at radius 2 is 1.53 bits per heavy atom. The highest BCUT2D eigenvalue weighted by atomic mass is 35.5. The number of amides is 3. The minimum atomic E-state index is -1.17. The summed E-state index contributed by atoms with van der Waals surface area (Å²) >= 11 is 7.37. The van der Waals surface area contributed by atoms with Gasteiger partial charge in [-0.05, 0) is 55.5 Å². The fourth-order valence-electron chi connectivity index (χ4n) is 3.40. The first-order valence-corrected chi connectivity index (χ1v) is 11.5. The van der Waals surface area contributed by atoms with Gasteiger partial charge in [0.1, 0.15) is 6.04 Å². The van der Waals surface area contributed by atoms with Gasteiger partial charge in [0.25, 0.3) is 17.7 Å². The molecule has 1 N–H and O–H groups in total. The quantitative estimate of drug-likeness (QED) is 0.379. The zero-order chi connectivity index (χ0) is 24.2. The highest BCUT2D eigenvalue weighted by molar-refractivity contribution is 7.99. The van der Waals surface area contributed by atoms with Crippen molar-refractivity contribution in [2.24, 2.45) is 0 Å². The molecule has 172 valence electrons. The number of anilines is 1. The second kappa shape index (κ2) is 10.1. The second-order valence-corrected chi connectivity index (χ2v) is 8.96. The number of fused-ring (bicyclic) bond motifs is 1. The molecule has 4 rings (SSSR count). The molecule has 0 saturated carbocycles. The molecule has 3 aromatic rings. The first-order chi connectivity index (χ1) is 16.3. The van der Waals surface area contributed by atoms with Gasteiger partial charge in [0.05, 0.1) is 16.8 Å². The number of hydrogen-bond donors (Lipinski definition) is 1. The summed E-state index contributed by atoms with van der Waals surface area (Å²) in [6.07, 6.45) is 0. The van der Waals surface area contributed by atoms with Gasteiger partial charge in [-0.2, -0.15) is 0 Å². The summed E-state index contributed by atoms with van der Waals surface area (Å²) in [7, 11) is 0. The maximum Gasteiger partial charge on any atom is 0.329 e. The van der Waals surface area contributed by atoms with Crippen LogP contribution in [0.1, 0.15) is 27.6 Å². The minimum absolute atomic E-state index is 0.236. The number of rotatable bonds is 7. The van der Waals surface area contributed by atoms with Crippen molar-refractivity contribution in [3.63, 3.8) is 0 Å². The third-order valence-electron chi connectivity index (χ3n) is 5.10. The van der Waals surface area contributed by atoms with Crippen LogP contribution in [0, 0.1) is 0 Å². The fraction of sp³-hybridized carbons (Fsp3) is 0.120. The molecular weight excluding hydrogens is 476 g/mol. The van der Waals surface area contributed by atoms with Crippen molar-refractivity contribution in [3.8, 4) is 0 Å². The van der Waals surface area contributed by atoms with Gasteiger partial charge in [0, 0.05) is 14.8 Å². The topological polar surface area (TPSA) is 92.8 Å². The van der Waals surface area contributed by atoms with Gasteiger partial charge in [0.2, 0.25) is 0 Å². The Morgan fingerprint density at radius 3 is 2.18 bits per heavy atom. The monoisotopic (exact) mass is 494 g/mol. The van der Waals surface area contributed by atoms with Crippen LogP contribution >= 0.6 is 23.4 Å². The Labute approximate surface area is 205 Å². The van der Waals surface area contributed by atoms with Crippen molar-refractivity contribution in [2.75, 3.05) is 11.9 Å². The number of ether oxygens (including phenoxy) is 1. The number of hydrogen-bond acceptors (Lipinski definition) is 6. The van der Waals surface area contributed by atoms with Crippen LogP contribution in [-0.2, 0) is 14.3 Å². The molecule has 9 heteroatoms. The lowest BCUT2D eigenvalue weighted by molar-refractivity contribution is -0.150. The van der Waals surface area contributed by atoms with E-state index >= 15 is 0 Å². The maximum absolute atomic E-state index is 12.5. The summed E-state index contributed by atoms with van der Waals surface area (Å²) in [5.41, 5.74) is 1.02. The molecule has 0 saturated heterocycles. The average Bonchev–Trinajstić information content (AvgIpc) is 3.10. The molecule has 0 fully saturated rings. The Hall–Kier alpha value is -3.62. The summed E-state index contributed by atoms with van der Waals surface area (Å²) < 4.78 is 5.10. The summed E-state index contributed by atoms with van der Waals surface area (Å²) in [4.78, 5) is 52.6. The third kappa shape index (κ3) is 4.98. The fourth-order valence-corrected chi connectivity index (χ4v) is 4.42. The number of nitrogens with one attached hydrogen (secondary N) is 1. The number of imide groups is 1. The Kier molecular flexibility index (Phi) is 7.00. The summed E-state index contributed by atoms with van der Waals surface area (Å²) in [5.74, 6) is -2.54. The zero-order valence-electron chi connectivity index (χ0n) is 18.0. The number of benzene rings is 3. The molecule has 0 bridgehead atoms. The molecule has 3 aromatic carbocycles. The van der Waals surface area contributed by atoms with Gasteiger partial charge in [-0.15, -0.1) is 0 Å². The average molecular weight is 495 g/mol. The number of carbonyl (C=O) groups is 4. The molecular formula is C25H19ClN2O5S. The smallest absolute Gasteiger partial charge is 0.329 e. The molecule has 0 aromatic heterocycles. The van der Waals surface area contributed by atoms with Gasteiger partial charge in [-0.3, -0.25) is 19.3 Å². The van der Waals surface area contributed by atoms with Crippen LogP contribution in [-0.4, -0.2) is 41.2 Å². The summed E-state index contributed by atoms with van der Waals surface area (Å²) in [6, 6.07) is 19.7. The van der Waals surface area contributed by atoms with Crippen molar-refractivity contribution in [1.82, 2.24) is 4.90 Å². The van der Waals surface area contributed by atoms with E-state index in [1.54, 1.807) is 36.4 Å². The number of halogens is 1. The number of esters is 1. The van der Waals surface area contributed by atoms with Crippen molar-refractivity contribution in [2.45, 2.75) is 22.8 Å². The van der Waals surface area contributed by atoms with Crippen molar-refractivity contribution in [1.29, 1.82) is 0 Å². The van der Waals surface area contributed by atoms with Gasteiger partial charge < -0.3 is 10.1 Å². The molecule has 1 aliphatic heterocycles. The lowest BCUT2D eigenvalue weighted by atomic mass is 10.1. The highest BCUT2D eigenvalue weighted by Crippen LogP contribution is 2.34. The molecule has 1 atom stereocenters. The Morgan fingerprint density at radius 1 is 0.941 bits per heavy atom. The molecule has 1 unspecified atom stereocenters. The van der Waals surface area contributed by atoms with Crippen LogP contribution in [0.25, 0.3) is 0 Å². The van der Waals surface area contributed by atoms with Crippen molar-refractivity contribution in [3.05, 3.63) is 88.9 Å². The first kappa shape index (κ1) is 23.5. The van der Waals surface area contributed by atoms with Gasteiger partial charge in [-0.25, -0.2) is 4.79 Å². The molecule has 0 radical (unpaired) electrons. The van der Waals surface area contributed by atoms with E-state index in [0.29, 0.717) is 10.7 Å². The summed E-state index contributed by atoms with van der Waals surface area (Å²) in [5, 5.41) is 3.36. The standard InChI is InChI=1S/C25H19ClN2O5S/c1-15(28-23(30)18-6-2-3-7-19(18)24(28)31)25(32)33-14-22(29)27-20-8-4-5-9-21(20)34-17-12-10-16(26)11-13-17/h2-13,15H,14H2,1H3,(H,27,29). The van der Waals surface area contributed by atoms with Gasteiger partial charge >= 0.3 is 5.97 Å². The largest absolute Gasteiger partial charge is 0.454 e. The lowest BCUT2D eigenvalue weighted by Gasteiger charge is -2.20. The van der Waals surface area contributed by atoms with Crippen LogP contribution in [0.15, 0.2) is 82.6 Å². The number of carbonyl (C=O) groups excluding carboxylic acids is 4. The van der Waals surface area contributed by atoms with E-state index in [4.69, 9.17) is 16.3 Å². The Balaban J connectivity index is 1.36. The molecule has 1 aliphatic rings. The van der Waals surface area contributed by atoms with E-state index in [1.807, 2.05) is 24.3 Å². The predicted octanol–water partition coefficient (Wildman–Crippen LogP) is 4.66. The highest BCUT2D eigenvalue weighted by Gasteiger charge is 2.41. The normalized spacial score (nSPS) is 13.4.